The molecule has 0 fully saturated rings. The minimum absolute atomic E-state index is 0.833. The summed E-state index contributed by atoms with van der Waals surface area (Å²) in [4.78, 5) is 18.0. The van der Waals surface area contributed by atoms with Gasteiger partial charge in [-0.05, 0) is 13.1 Å². The predicted molar refractivity (Wildman–Crippen MR) is 50.8 cm³/mol. The average molecular weight is 193 g/mol. The summed E-state index contributed by atoms with van der Waals surface area (Å²) in [5, 5.41) is 17.9. The quantitative estimate of drug-likeness (QED) is 0.603. The molecule has 0 aliphatic carbocycles. The van der Waals surface area contributed by atoms with Gasteiger partial charge in [0, 0.05) is 13.8 Å². The number of carboxylic acid groups (broad SMARTS) is 2. The van der Waals surface area contributed by atoms with Crippen LogP contribution < -0.4 is 5.32 Å². The van der Waals surface area contributed by atoms with E-state index >= 15 is 0 Å². The van der Waals surface area contributed by atoms with Crippen LogP contribution in [0.15, 0.2) is 0 Å². The Morgan fingerprint density at radius 2 is 1.15 bits per heavy atom. The van der Waals surface area contributed by atoms with Crippen LogP contribution in [0.1, 0.15) is 27.7 Å². The highest BCUT2D eigenvalue weighted by Crippen LogP contribution is 1.47. The van der Waals surface area contributed by atoms with E-state index in [0.717, 1.165) is 26.9 Å². The maximum Gasteiger partial charge on any atom is 0.300 e. The van der Waals surface area contributed by atoms with E-state index in [9.17, 15) is 0 Å². The van der Waals surface area contributed by atoms with Gasteiger partial charge in [0.1, 0.15) is 0 Å². The zero-order valence-electron chi connectivity index (χ0n) is 8.63. The molecule has 5 nitrogen and oxygen atoms in total. The van der Waals surface area contributed by atoms with Gasteiger partial charge in [-0.1, -0.05) is 13.8 Å². The maximum absolute atomic E-state index is 9.00. The van der Waals surface area contributed by atoms with Crippen LogP contribution in [0.25, 0.3) is 0 Å². The predicted octanol–water partition coefficient (Wildman–Crippen LogP) is 0.798. The fraction of sp³-hybridized carbons (Fsp3) is 0.750. The van der Waals surface area contributed by atoms with Gasteiger partial charge < -0.3 is 15.5 Å². The number of hydrogen-bond donors (Lipinski definition) is 3. The Bertz CT molecular complexity index is 103. The van der Waals surface area contributed by atoms with E-state index in [1.807, 2.05) is 0 Å². The standard InChI is InChI=1S/C4H11N.2C2H4O2/c1-3-5-4-2;2*1-2(3)4/h5H,3-4H2,1-2H3;2*1H3,(H,3,4). The van der Waals surface area contributed by atoms with Crippen molar-refractivity contribution < 1.29 is 19.8 Å². The molecule has 5 heteroatoms. The third kappa shape index (κ3) is 1070. The Morgan fingerprint density at radius 1 is 1.00 bits per heavy atom. The molecular weight excluding hydrogens is 174 g/mol. The van der Waals surface area contributed by atoms with Crippen LogP contribution in [0, 0.1) is 0 Å². The molecule has 0 aromatic carbocycles. The molecule has 0 saturated heterocycles. The minimum Gasteiger partial charge on any atom is -0.481 e. The number of carboxylic acids is 2. The molecule has 0 amide bonds. The molecular formula is C8H19NO4. The van der Waals surface area contributed by atoms with Crippen LogP contribution in [0.5, 0.6) is 0 Å². The summed E-state index contributed by atoms with van der Waals surface area (Å²) in [5.41, 5.74) is 0. The molecule has 0 heterocycles. The van der Waals surface area contributed by atoms with Crippen molar-refractivity contribution in [1.82, 2.24) is 5.32 Å². The lowest BCUT2D eigenvalue weighted by atomic mass is 10.7. The lowest BCUT2D eigenvalue weighted by Crippen LogP contribution is -2.09. The van der Waals surface area contributed by atoms with Gasteiger partial charge in [0.25, 0.3) is 11.9 Å². The molecule has 0 bridgehead atoms. The second-order valence-electron chi connectivity index (χ2n) is 2.00. The first-order valence-corrected chi connectivity index (χ1v) is 3.98. The first kappa shape index (κ1) is 17.8. The highest BCUT2D eigenvalue weighted by Gasteiger charge is 1.66. The second-order valence-corrected chi connectivity index (χ2v) is 2.00. The fourth-order valence-corrected chi connectivity index (χ4v) is 0.250. The Morgan fingerprint density at radius 3 is 1.15 bits per heavy atom. The van der Waals surface area contributed by atoms with Crippen molar-refractivity contribution in [1.29, 1.82) is 0 Å². The summed E-state index contributed by atoms with van der Waals surface area (Å²) in [6.07, 6.45) is 0. The summed E-state index contributed by atoms with van der Waals surface area (Å²) in [6, 6.07) is 0. The number of carbonyl (C=O) groups is 2. The molecule has 0 unspecified atom stereocenters. The molecule has 0 aliphatic rings. The van der Waals surface area contributed by atoms with E-state index in [1.54, 1.807) is 0 Å². The van der Waals surface area contributed by atoms with Crippen molar-refractivity contribution in [3.63, 3.8) is 0 Å². The molecule has 0 saturated carbocycles. The van der Waals surface area contributed by atoms with E-state index in [2.05, 4.69) is 19.2 Å². The van der Waals surface area contributed by atoms with Crippen LogP contribution in [-0.4, -0.2) is 35.2 Å². The highest BCUT2D eigenvalue weighted by molar-refractivity contribution is 5.63. The molecule has 0 aromatic heterocycles. The highest BCUT2D eigenvalue weighted by atomic mass is 16.4. The smallest absolute Gasteiger partial charge is 0.300 e. The molecule has 0 atom stereocenters. The van der Waals surface area contributed by atoms with Gasteiger partial charge in [-0.2, -0.15) is 0 Å². The molecule has 80 valence electrons. The van der Waals surface area contributed by atoms with Crippen LogP contribution in [0.2, 0.25) is 0 Å². The molecule has 3 N–H and O–H groups in total. The SMILES string of the molecule is CC(=O)O.CC(=O)O.CCNCC. The maximum atomic E-state index is 9.00. The van der Waals surface area contributed by atoms with Gasteiger partial charge in [-0.3, -0.25) is 9.59 Å². The van der Waals surface area contributed by atoms with Gasteiger partial charge in [-0.25, -0.2) is 0 Å². The van der Waals surface area contributed by atoms with Crippen LogP contribution in [-0.2, 0) is 9.59 Å². The third-order valence-corrected chi connectivity index (χ3v) is 0.500. The number of rotatable bonds is 2. The Labute approximate surface area is 78.8 Å². The van der Waals surface area contributed by atoms with Gasteiger partial charge in [0.15, 0.2) is 0 Å². The van der Waals surface area contributed by atoms with E-state index in [-0.39, 0.29) is 0 Å². The minimum atomic E-state index is -0.833. The van der Waals surface area contributed by atoms with Crippen LogP contribution in [0.3, 0.4) is 0 Å². The first-order chi connectivity index (χ1) is 5.88. The van der Waals surface area contributed by atoms with Crippen molar-refractivity contribution >= 4 is 11.9 Å². The number of nitrogens with one attached hydrogen (secondary N) is 1. The zero-order valence-corrected chi connectivity index (χ0v) is 8.63. The molecule has 0 aromatic rings. The monoisotopic (exact) mass is 193 g/mol. The van der Waals surface area contributed by atoms with Crippen molar-refractivity contribution in [3.8, 4) is 0 Å². The number of hydrogen-bond acceptors (Lipinski definition) is 3. The van der Waals surface area contributed by atoms with Gasteiger partial charge in [-0.15, -0.1) is 0 Å². The molecule has 0 aliphatic heterocycles. The summed E-state index contributed by atoms with van der Waals surface area (Å²) in [7, 11) is 0. The largest absolute Gasteiger partial charge is 0.481 e. The zero-order chi connectivity index (χ0) is 11.3. The second kappa shape index (κ2) is 17.1. The van der Waals surface area contributed by atoms with Crippen molar-refractivity contribution in [2.45, 2.75) is 27.7 Å². The lowest BCUT2D eigenvalue weighted by Gasteiger charge is -1.86. The van der Waals surface area contributed by atoms with E-state index in [0.29, 0.717) is 0 Å². The summed E-state index contributed by atoms with van der Waals surface area (Å²) in [5.74, 6) is -1.67. The summed E-state index contributed by atoms with van der Waals surface area (Å²) in [6.45, 7) is 8.56. The van der Waals surface area contributed by atoms with E-state index in [1.165, 1.54) is 0 Å². The van der Waals surface area contributed by atoms with Crippen molar-refractivity contribution in [3.05, 3.63) is 0 Å². The molecule has 0 spiro atoms. The summed E-state index contributed by atoms with van der Waals surface area (Å²) < 4.78 is 0. The summed E-state index contributed by atoms with van der Waals surface area (Å²) >= 11 is 0. The number of aliphatic carboxylic acids is 2. The normalized spacial score (nSPS) is 7.08. The van der Waals surface area contributed by atoms with Gasteiger partial charge in [0.2, 0.25) is 0 Å². The van der Waals surface area contributed by atoms with Crippen molar-refractivity contribution in [2.75, 3.05) is 13.1 Å². The van der Waals surface area contributed by atoms with Crippen LogP contribution in [0.4, 0.5) is 0 Å². The Hall–Kier alpha value is -1.10. The topological polar surface area (TPSA) is 86.6 Å². The third-order valence-electron chi connectivity index (χ3n) is 0.500. The van der Waals surface area contributed by atoms with Gasteiger partial charge >= 0.3 is 0 Å². The Balaban J connectivity index is -0.000000117. The van der Waals surface area contributed by atoms with Crippen LogP contribution >= 0.6 is 0 Å². The average Bonchev–Trinajstić information content (AvgIpc) is 1.86. The lowest BCUT2D eigenvalue weighted by molar-refractivity contribution is -0.135. The molecule has 0 radical (unpaired) electrons. The molecule has 0 rings (SSSR count). The van der Waals surface area contributed by atoms with E-state index in [4.69, 9.17) is 19.8 Å². The Kier molecular flexibility index (Phi) is 23.5. The van der Waals surface area contributed by atoms with E-state index < -0.39 is 11.9 Å². The fourth-order valence-electron chi connectivity index (χ4n) is 0.250. The molecule has 13 heavy (non-hydrogen) atoms. The van der Waals surface area contributed by atoms with Gasteiger partial charge in [0.05, 0.1) is 0 Å². The van der Waals surface area contributed by atoms with Crippen molar-refractivity contribution in [2.24, 2.45) is 0 Å². The first-order valence-electron chi connectivity index (χ1n) is 3.98.